The molecule has 1 amide bonds. The number of amides is 1. The molecule has 7 nitrogen and oxygen atoms in total. The van der Waals surface area contributed by atoms with Gasteiger partial charge in [-0.3, -0.25) is 4.79 Å². The van der Waals surface area contributed by atoms with Crippen molar-refractivity contribution in [2.75, 3.05) is 0 Å². The first-order valence-corrected chi connectivity index (χ1v) is 5.09. The van der Waals surface area contributed by atoms with Crippen molar-refractivity contribution in [3.63, 3.8) is 0 Å². The quantitative estimate of drug-likeness (QED) is 0.298. The average Bonchev–Trinajstić information content (AvgIpc) is 2.38. The van der Waals surface area contributed by atoms with E-state index in [1.165, 1.54) is 18.7 Å². The van der Waals surface area contributed by atoms with E-state index in [0.717, 1.165) is 0 Å². The average molecular weight is 237 g/mol. The Morgan fingerprint density at radius 3 is 2.65 bits per heavy atom. The largest absolute Gasteiger partial charge is 0.409 e. The fraction of sp³-hybridized carbons (Fsp3) is 0.400. The molecule has 1 heterocycles. The molecule has 0 aromatic carbocycles. The molecule has 4 N–H and O–H groups in total. The summed E-state index contributed by atoms with van der Waals surface area (Å²) in [6.45, 7) is 3.49. The highest BCUT2D eigenvalue weighted by atomic mass is 16.4. The van der Waals surface area contributed by atoms with Gasteiger partial charge in [-0.25, -0.2) is 9.97 Å². The molecule has 0 aliphatic heterocycles. The number of rotatable bonds is 4. The van der Waals surface area contributed by atoms with Crippen molar-refractivity contribution in [2.24, 2.45) is 10.9 Å². The van der Waals surface area contributed by atoms with Crippen LogP contribution in [-0.4, -0.2) is 32.5 Å². The van der Waals surface area contributed by atoms with E-state index >= 15 is 0 Å². The zero-order valence-electron chi connectivity index (χ0n) is 9.71. The number of carbonyl (C=O) groups excluding carboxylic acids is 1. The van der Waals surface area contributed by atoms with Gasteiger partial charge in [0.25, 0.3) is 5.91 Å². The fourth-order valence-corrected chi connectivity index (χ4v) is 1.18. The van der Waals surface area contributed by atoms with Crippen LogP contribution in [0.2, 0.25) is 0 Å². The third-order valence-electron chi connectivity index (χ3n) is 2.59. The van der Waals surface area contributed by atoms with Crippen LogP contribution in [0.3, 0.4) is 0 Å². The Morgan fingerprint density at radius 2 is 2.18 bits per heavy atom. The fourth-order valence-electron chi connectivity index (χ4n) is 1.18. The van der Waals surface area contributed by atoms with Gasteiger partial charge >= 0.3 is 0 Å². The summed E-state index contributed by atoms with van der Waals surface area (Å²) in [6.07, 6.45) is 4.61. The molecular formula is C10H15N5O2. The van der Waals surface area contributed by atoms with Crippen LogP contribution < -0.4 is 11.1 Å². The van der Waals surface area contributed by atoms with Gasteiger partial charge < -0.3 is 16.3 Å². The second kappa shape index (κ2) is 5.24. The number of nitrogens with two attached hydrogens (primary N) is 1. The summed E-state index contributed by atoms with van der Waals surface area (Å²) in [5, 5.41) is 14.3. The third kappa shape index (κ3) is 2.90. The molecule has 1 aromatic rings. The number of carbonyl (C=O) groups is 1. The van der Waals surface area contributed by atoms with Crippen LogP contribution in [0.1, 0.15) is 30.6 Å². The lowest BCUT2D eigenvalue weighted by atomic mass is 9.97. The van der Waals surface area contributed by atoms with Crippen LogP contribution in [0.15, 0.2) is 23.9 Å². The van der Waals surface area contributed by atoms with Crippen LogP contribution >= 0.6 is 0 Å². The molecular weight excluding hydrogens is 222 g/mol. The highest BCUT2D eigenvalue weighted by molar-refractivity contribution is 5.99. The predicted molar refractivity (Wildman–Crippen MR) is 61.6 cm³/mol. The minimum atomic E-state index is -0.901. The maximum atomic E-state index is 11.9. The molecule has 0 fully saturated rings. The van der Waals surface area contributed by atoms with Crippen molar-refractivity contribution in [1.29, 1.82) is 0 Å². The molecule has 1 rings (SSSR count). The number of nitrogens with one attached hydrogen (secondary N) is 1. The van der Waals surface area contributed by atoms with Gasteiger partial charge in [-0.2, -0.15) is 0 Å². The van der Waals surface area contributed by atoms with Crippen molar-refractivity contribution in [3.8, 4) is 0 Å². The zero-order chi connectivity index (χ0) is 12.9. The maximum absolute atomic E-state index is 11.9. The predicted octanol–water partition coefficient (Wildman–Crippen LogP) is 0.122. The molecule has 7 heteroatoms. The van der Waals surface area contributed by atoms with Gasteiger partial charge in [-0.1, -0.05) is 12.1 Å². The van der Waals surface area contributed by atoms with Gasteiger partial charge in [0.1, 0.15) is 6.33 Å². The lowest BCUT2D eigenvalue weighted by Gasteiger charge is -2.27. The van der Waals surface area contributed by atoms with Crippen molar-refractivity contribution >= 4 is 11.7 Å². The second-order valence-electron chi connectivity index (χ2n) is 3.75. The lowest BCUT2D eigenvalue weighted by Crippen LogP contribution is -2.55. The third-order valence-corrected chi connectivity index (χ3v) is 2.59. The van der Waals surface area contributed by atoms with E-state index in [9.17, 15) is 4.79 Å². The van der Waals surface area contributed by atoms with Crippen LogP contribution in [0.25, 0.3) is 0 Å². The van der Waals surface area contributed by atoms with Gasteiger partial charge in [0, 0.05) is 12.4 Å². The molecule has 0 saturated heterocycles. The molecule has 0 aliphatic carbocycles. The molecule has 0 radical (unpaired) electrons. The van der Waals surface area contributed by atoms with Crippen molar-refractivity contribution in [2.45, 2.75) is 25.8 Å². The summed E-state index contributed by atoms with van der Waals surface area (Å²) in [6, 6.07) is 0. The lowest BCUT2D eigenvalue weighted by molar-refractivity contribution is 0.0924. The Kier molecular flexibility index (Phi) is 3.97. The number of nitrogens with zero attached hydrogens (tertiary/aromatic N) is 3. The van der Waals surface area contributed by atoms with Crippen LogP contribution in [0.5, 0.6) is 0 Å². The Morgan fingerprint density at radius 1 is 1.59 bits per heavy atom. The molecule has 0 saturated carbocycles. The summed E-state index contributed by atoms with van der Waals surface area (Å²) in [5.41, 5.74) is 4.96. The minimum absolute atomic E-state index is 0.0507. The first-order chi connectivity index (χ1) is 8.03. The highest BCUT2D eigenvalue weighted by Gasteiger charge is 2.30. The standard InChI is InChI=1S/C10H15N5O2/c1-3-10(2,9(11)15-17)14-8(16)7-4-12-6-13-5-7/h4-6,17H,3H2,1-2H3,(H2,11,15)(H,14,16). The Bertz CT molecular complexity index is 420. The number of aromatic nitrogens is 2. The molecule has 0 aliphatic rings. The summed E-state index contributed by atoms with van der Waals surface area (Å²) in [7, 11) is 0. The van der Waals surface area contributed by atoms with Gasteiger partial charge in [0.15, 0.2) is 5.84 Å². The number of oxime groups is 1. The molecule has 0 bridgehead atoms. The molecule has 17 heavy (non-hydrogen) atoms. The highest BCUT2D eigenvalue weighted by Crippen LogP contribution is 2.10. The van der Waals surface area contributed by atoms with E-state index in [1.807, 2.05) is 6.92 Å². The summed E-state index contributed by atoms with van der Waals surface area (Å²) in [4.78, 5) is 19.3. The Labute approximate surface area is 98.8 Å². The Balaban J connectivity index is 2.87. The summed E-state index contributed by atoms with van der Waals surface area (Å²) in [5.74, 6) is -0.424. The van der Waals surface area contributed by atoms with E-state index in [0.29, 0.717) is 12.0 Å². The maximum Gasteiger partial charge on any atom is 0.255 e. The van der Waals surface area contributed by atoms with E-state index in [-0.39, 0.29) is 11.7 Å². The molecule has 92 valence electrons. The van der Waals surface area contributed by atoms with Gasteiger partial charge in [-0.05, 0) is 13.3 Å². The molecule has 1 atom stereocenters. The minimum Gasteiger partial charge on any atom is -0.409 e. The molecule has 1 aromatic heterocycles. The Hall–Kier alpha value is -2.18. The van der Waals surface area contributed by atoms with Gasteiger partial charge in [-0.15, -0.1) is 0 Å². The van der Waals surface area contributed by atoms with E-state index in [1.54, 1.807) is 6.92 Å². The van der Waals surface area contributed by atoms with Crippen molar-refractivity contribution < 1.29 is 10.0 Å². The summed E-state index contributed by atoms with van der Waals surface area (Å²) >= 11 is 0. The molecule has 0 spiro atoms. The second-order valence-corrected chi connectivity index (χ2v) is 3.75. The smallest absolute Gasteiger partial charge is 0.255 e. The van der Waals surface area contributed by atoms with E-state index in [2.05, 4.69) is 20.4 Å². The van der Waals surface area contributed by atoms with Crippen molar-refractivity contribution in [3.05, 3.63) is 24.3 Å². The topological polar surface area (TPSA) is 113 Å². The van der Waals surface area contributed by atoms with Gasteiger partial charge in [0.2, 0.25) is 0 Å². The van der Waals surface area contributed by atoms with E-state index in [4.69, 9.17) is 10.9 Å². The van der Waals surface area contributed by atoms with Crippen LogP contribution in [0, 0.1) is 0 Å². The normalized spacial score (nSPS) is 15.1. The van der Waals surface area contributed by atoms with E-state index < -0.39 is 5.54 Å². The van der Waals surface area contributed by atoms with Crippen molar-refractivity contribution in [1.82, 2.24) is 15.3 Å². The zero-order valence-corrected chi connectivity index (χ0v) is 9.71. The number of hydrogen-bond donors (Lipinski definition) is 3. The first kappa shape index (κ1) is 12.9. The van der Waals surface area contributed by atoms with Crippen LogP contribution in [0.4, 0.5) is 0 Å². The molecule has 1 unspecified atom stereocenters. The SMILES string of the molecule is CCC(C)(NC(=O)c1cncnc1)C(N)=NO. The summed E-state index contributed by atoms with van der Waals surface area (Å²) < 4.78 is 0. The van der Waals surface area contributed by atoms with Gasteiger partial charge in [0.05, 0.1) is 11.1 Å². The number of hydrogen-bond acceptors (Lipinski definition) is 5. The first-order valence-electron chi connectivity index (χ1n) is 5.09. The monoisotopic (exact) mass is 237 g/mol. The van der Waals surface area contributed by atoms with Crippen LogP contribution in [-0.2, 0) is 0 Å². The number of amidine groups is 1.